The third-order valence-electron chi connectivity index (χ3n) is 6.68. The summed E-state index contributed by atoms with van der Waals surface area (Å²) in [6.45, 7) is 9.10. The summed E-state index contributed by atoms with van der Waals surface area (Å²) in [6, 6.07) is 12.2. The maximum atomic E-state index is 13.1. The molecule has 1 fully saturated rings. The highest BCUT2D eigenvalue weighted by Crippen LogP contribution is 2.31. The van der Waals surface area contributed by atoms with Crippen LogP contribution in [0.3, 0.4) is 0 Å². The zero-order chi connectivity index (χ0) is 22.2. The first-order valence-corrected chi connectivity index (χ1v) is 12.6. The van der Waals surface area contributed by atoms with Gasteiger partial charge >= 0.3 is 0 Å². The van der Waals surface area contributed by atoms with Gasteiger partial charge in [0.15, 0.2) is 0 Å². The Hall–Kier alpha value is -1.93. The molecule has 0 amide bonds. The maximum absolute atomic E-state index is 13.1. The Morgan fingerprint density at radius 2 is 1.71 bits per heavy atom. The van der Waals surface area contributed by atoms with E-state index < -0.39 is 10.0 Å². The van der Waals surface area contributed by atoms with Gasteiger partial charge in [-0.2, -0.15) is 0 Å². The summed E-state index contributed by atoms with van der Waals surface area (Å²) in [5, 5.41) is 0. The lowest BCUT2D eigenvalue weighted by Gasteiger charge is -2.38. The number of anilines is 1. The van der Waals surface area contributed by atoms with Crippen molar-refractivity contribution >= 4 is 15.7 Å². The molecule has 1 atom stereocenters. The molecule has 1 unspecified atom stereocenters. The molecular weight excluding hydrogens is 408 g/mol. The molecule has 1 saturated heterocycles. The van der Waals surface area contributed by atoms with Crippen molar-refractivity contribution in [3.05, 3.63) is 58.7 Å². The number of nitrogens with one attached hydrogen (secondary N) is 1. The van der Waals surface area contributed by atoms with E-state index in [0.717, 1.165) is 50.3 Å². The Morgan fingerprint density at radius 1 is 0.968 bits per heavy atom. The van der Waals surface area contributed by atoms with Gasteiger partial charge in [0, 0.05) is 58.0 Å². The number of benzene rings is 2. The van der Waals surface area contributed by atoms with E-state index in [2.05, 4.69) is 51.7 Å². The largest absolute Gasteiger partial charge is 0.374 e. The Labute approximate surface area is 186 Å². The molecule has 0 spiro atoms. The monoisotopic (exact) mass is 442 g/mol. The van der Waals surface area contributed by atoms with E-state index in [-0.39, 0.29) is 6.04 Å². The first-order valence-electron chi connectivity index (χ1n) is 11.1. The highest BCUT2D eigenvalue weighted by atomic mass is 32.2. The average molecular weight is 443 g/mol. The van der Waals surface area contributed by atoms with E-state index in [9.17, 15) is 8.42 Å². The van der Waals surface area contributed by atoms with Crippen LogP contribution in [0, 0.1) is 13.8 Å². The van der Waals surface area contributed by atoms with Crippen molar-refractivity contribution in [1.29, 1.82) is 0 Å². The first-order chi connectivity index (χ1) is 14.7. The van der Waals surface area contributed by atoms with Gasteiger partial charge in [0.2, 0.25) is 10.0 Å². The Bertz CT molecular complexity index is 1050. The number of fused-ring (bicyclic) bond motifs is 1. The van der Waals surface area contributed by atoms with Crippen molar-refractivity contribution in [3.63, 3.8) is 0 Å². The van der Waals surface area contributed by atoms with Crippen molar-refractivity contribution < 1.29 is 8.42 Å². The third-order valence-corrected chi connectivity index (χ3v) is 8.27. The summed E-state index contributed by atoms with van der Waals surface area (Å²) in [5.74, 6) is 0. The molecular formula is C24H34N4O2S. The Morgan fingerprint density at radius 3 is 2.42 bits per heavy atom. The summed E-state index contributed by atoms with van der Waals surface area (Å²) >= 11 is 0. The van der Waals surface area contributed by atoms with Gasteiger partial charge < -0.3 is 9.80 Å². The lowest BCUT2D eigenvalue weighted by atomic mass is 10.0. The third kappa shape index (κ3) is 4.80. The van der Waals surface area contributed by atoms with Gasteiger partial charge in [-0.1, -0.05) is 29.8 Å². The lowest BCUT2D eigenvalue weighted by Crippen LogP contribution is -2.48. The van der Waals surface area contributed by atoms with Gasteiger partial charge in [0.05, 0.1) is 4.90 Å². The fraction of sp³-hybridized carbons (Fsp3) is 0.500. The summed E-state index contributed by atoms with van der Waals surface area (Å²) in [6.07, 6.45) is 1.05. The number of rotatable bonds is 6. The molecule has 2 heterocycles. The van der Waals surface area contributed by atoms with Crippen LogP contribution < -0.4 is 9.62 Å². The molecule has 6 nitrogen and oxygen atoms in total. The molecule has 0 radical (unpaired) electrons. The van der Waals surface area contributed by atoms with Crippen LogP contribution >= 0.6 is 0 Å². The molecule has 2 aromatic rings. The quantitative estimate of drug-likeness (QED) is 0.745. The summed E-state index contributed by atoms with van der Waals surface area (Å²) in [7, 11) is 0.690. The van der Waals surface area contributed by atoms with Gasteiger partial charge in [0.1, 0.15) is 0 Å². The molecule has 2 aliphatic rings. The highest BCUT2D eigenvalue weighted by molar-refractivity contribution is 7.89. The topological polar surface area (TPSA) is 55.9 Å². The van der Waals surface area contributed by atoms with Crippen molar-refractivity contribution in [3.8, 4) is 0 Å². The van der Waals surface area contributed by atoms with Crippen molar-refractivity contribution in [1.82, 2.24) is 14.5 Å². The van der Waals surface area contributed by atoms with Gasteiger partial charge in [-0.05, 0) is 56.1 Å². The smallest absolute Gasteiger partial charge is 0.240 e. The molecule has 0 aromatic heterocycles. The number of nitrogens with zero attached hydrogens (tertiary/aromatic N) is 3. The molecule has 168 valence electrons. The zero-order valence-corrected chi connectivity index (χ0v) is 19.9. The molecule has 7 heteroatoms. The number of sulfonamides is 1. The van der Waals surface area contributed by atoms with E-state index in [1.165, 1.54) is 16.8 Å². The SMILES string of the molecule is Cc1ccc(S(=O)(=O)NCC(c2ccc3c(c2)CCN3C)N2CCN(C)CC2)c(C)c1. The zero-order valence-electron chi connectivity index (χ0n) is 19.1. The fourth-order valence-corrected chi connectivity index (χ4v) is 6.02. The van der Waals surface area contributed by atoms with E-state index in [4.69, 9.17) is 0 Å². The van der Waals surface area contributed by atoms with Gasteiger partial charge in [-0.25, -0.2) is 13.1 Å². The first kappa shape index (κ1) is 22.3. The second kappa shape index (κ2) is 8.90. The van der Waals surface area contributed by atoms with Gasteiger partial charge in [-0.15, -0.1) is 0 Å². The second-order valence-electron chi connectivity index (χ2n) is 9.04. The van der Waals surface area contributed by atoms with E-state index in [1.807, 2.05) is 26.0 Å². The van der Waals surface area contributed by atoms with E-state index >= 15 is 0 Å². The Kier molecular flexibility index (Phi) is 6.40. The molecule has 2 aromatic carbocycles. The van der Waals surface area contributed by atoms with Crippen molar-refractivity contribution in [2.75, 3.05) is 58.3 Å². The normalized spacial score (nSPS) is 18.9. The number of likely N-dealkylation sites (N-methyl/N-ethyl adjacent to an activating group) is 2. The maximum Gasteiger partial charge on any atom is 0.240 e. The standard InChI is InChI=1S/C24H34N4O2S/c1-18-5-8-24(19(2)15-18)31(29,30)25-17-23(28-13-11-26(3)12-14-28)20-6-7-22-21(16-20)9-10-27(22)4/h5-8,15-16,23,25H,9-14,17H2,1-4H3. The van der Waals surface area contributed by atoms with Crippen molar-refractivity contribution in [2.24, 2.45) is 0 Å². The van der Waals surface area contributed by atoms with Crippen molar-refractivity contribution in [2.45, 2.75) is 31.2 Å². The van der Waals surface area contributed by atoms with Gasteiger partial charge in [0.25, 0.3) is 0 Å². The number of hydrogen-bond acceptors (Lipinski definition) is 5. The van der Waals surface area contributed by atoms with Crippen LogP contribution in [0.5, 0.6) is 0 Å². The molecule has 1 N–H and O–H groups in total. The summed E-state index contributed by atoms with van der Waals surface area (Å²) in [4.78, 5) is 7.40. The van der Waals surface area contributed by atoms with Crippen LogP contribution in [0.4, 0.5) is 5.69 Å². The average Bonchev–Trinajstić information content (AvgIpc) is 3.09. The van der Waals surface area contributed by atoms with Crippen LogP contribution in [0.25, 0.3) is 0 Å². The highest BCUT2D eigenvalue weighted by Gasteiger charge is 2.28. The molecule has 0 bridgehead atoms. The summed E-state index contributed by atoms with van der Waals surface area (Å²) in [5.41, 5.74) is 5.69. The lowest BCUT2D eigenvalue weighted by molar-refractivity contribution is 0.113. The molecule has 31 heavy (non-hydrogen) atoms. The minimum Gasteiger partial charge on any atom is -0.374 e. The van der Waals surface area contributed by atoms with E-state index in [1.54, 1.807) is 6.07 Å². The van der Waals surface area contributed by atoms with Gasteiger partial charge in [-0.3, -0.25) is 4.90 Å². The molecule has 2 aliphatic heterocycles. The number of piperazine rings is 1. The molecule has 0 saturated carbocycles. The predicted octanol–water partition coefficient (Wildman–Crippen LogP) is 2.56. The Balaban J connectivity index is 1.59. The predicted molar refractivity (Wildman–Crippen MR) is 126 cm³/mol. The van der Waals surface area contributed by atoms with Crippen LogP contribution in [-0.4, -0.2) is 71.6 Å². The second-order valence-corrected chi connectivity index (χ2v) is 10.8. The van der Waals surface area contributed by atoms with Crippen LogP contribution in [0.2, 0.25) is 0 Å². The van der Waals surface area contributed by atoms with Crippen LogP contribution in [-0.2, 0) is 16.4 Å². The fourth-order valence-electron chi connectivity index (χ4n) is 4.75. The van der Waals surface area contributed by atoms with E-state index in [0.29, 0.717) is 11.4 Å². The molecule has 4 rings (SSSR count). The summed E-state index contributed by atoms with van der Waals surface area (Å²) < 4.78 is 29.2. The van der Waals surface area contributed by atoms with Crippen LogP contribution in [0.15, 0.2) is 41.3 Å². The minimum atomic E-state index is -3.58. The molecule has 0 aliphatic carbocycles. The number of aryl methyl sites for hydroxylation is 2. The van der Waals surface area contributed by atoms with Crippen LogP contribution in [0.1, 0.15) is 28.3 Å². The minimum absolute atomic E-state index is 0.0189. The number of hydrogen-bond donors (Lipinski definition) is 1.